The van der Waals surface area contributed by atoms with Gasteiger partial charge in [-0.2, -0.15) is 5.10 Å². The topological polar surface area (TPSA) is 69.0 Å². The van der Waals surface area contributed by atoms with Gasteiger partial charge >= 0.3 is 0 Å². The van der Waals surface area contributed by atoms with E-state index in [4.69, 9.17) is 4.74 Å². The summed E-state index contributed by atoms with van der Waals surface area (Å²) in [6, 6.07) is 7.22. The van der Waals surface area contributed by atoms with Crippen LogP contribution in [-0.2, 0) is 6.54 Å². The Morgan fingerprint density at radius 1 is 1.40 bits per heavy atom. The van der Waals surface area contributed by atoms with Crippen LogP contribution in [0.15, 0.2) is 35.3 Å². The van der Waals surface area contributed by atoms with Crippen LogP contribution in [0.3, 0.4) is 0 Å². The first-order valence-electron chi connectivity index (χ1n) is 6.42. The van der Waals surface area contributed by atoms with Gasteiger partial charge in [0.1, 0.15) is 0 Å². The quantitative estimate of drug-likeness (QED) is 0.895. The highest BCUT2D eigenvalue weighted by molar-refractivity contribution is 5.39. The van der Waals surface area contributed by atoms with E-state index in [-0.39, 0.29) is 11.6 Å². The highest BCUT2D eigenvalue weighted by Gasteiger charge is 2.04. The first kappa shape index (κ1) is 14.0. The molecule has 20 heavy (non-hydrogen) atoms. The normalized spacial score (nSPS) is 10.6. The maximum Gasteiger partial charge on any atom is 0.269 e. The number of rotatable bonds is 5. The van der Waals surface area contributed by atoms with Crippen LogP contribution in [0, 0.1) is 0 Å². The smallest absolute Gasteiger partial charge is 0.269 e. The lowest BCUT2D eigenvalue weighted by Gasteiger charge is -2.10. The summed E-state index contributed by atoms with van der Waals surface area (Å²) in [5.41, 5.74) is 1.28. The molecule has 0 bridgehead atoms. The van der Waals surface area contributed by atoms with Gasteiger partial charge in [0.05, 0.1) is 31.2 Å². The van der Waals surface area contributed by atoms with E-state index < -0.39 is 0 Å². The van der Waals surface area contributed by atoms with Crippen LogP contribution in [0.1, 0.15) is 19.5 Å². The SMILES string of the molecule is COc1cccc(Cn2ncc(NC(C)C)cc2=O)n1. The summed E-state index contributed by atoms with van der Waals surface area (Å²) in [5, 5.41) is 7.29. The van der Waals surface area contributed by atoms with Gasteiger partial charge in [-0.05, 0) is 19.9 Å². The third-order valence-corrected chi connectivity index (χ3v) is 2.63. The Bertz CT molecular complexity index is 637. The van der Waals surface area contributed by atoms with Crippen LogP contribution in [0.2, 0.25) is 0 Å². The molecule has 2 aromatic rings. The van der Waals surface area contributed by atoms with Crippen LogP contribution >= 0.6 is 0 Å². The van der Waals surface area contributed by atoms with Gasteiger partial charge in [-0.1, -0.05) is 6.07 Å². The number of hydrogen-bond donors (Lipinski definition) is 1. The average molecular weight is 274 g/mol. The van der Waals surface area contributed by atoms with E-state index in [0.29, 0.717) is 12.4 Å². The maximum absolute atomic E-state index is 12.0. The Balaban J connectivity index is 2.19. The molecular formula is C14H18N4O2. The van der Waals surface area contributed by atoms with E-state index in [0.717, 1.165) is 11.4 Å². The van der Waals surface area contributed by atoms with Crippen molar-refractivity contribution in [1.29, 1.82) is 0 Å². The van der Waals surface area contributed by atoms with Gasteiger partial charge in [-0.25, -0.2) is 9.67 Å². The van der Waals surface area contributed by atoms with Crippen molar-refractivity contribution in [1.82, 2.24) is 14.8 Å². The van der Waals surface area contributed by atoms with Gasteiger partial charge < -0.3 is 10.1 Å². The molecule has 0 aliphatic rings. The molecule has 0 aromatic carbocycles. The van der Waals surface area contributed by atoms with Crippen molar-refractivity contribution in [3.8, 4) is 5.88 Å². The minimum Gasteiger partial charge on any atom is -0.481 e. The summed E-state index contributed by atoms with van der Waals surface area (Å²) in [7, 11) is 1.56. The zero-order valence-corrected chi connectivity index (χ0v) is 11.8. The highest BCUT2D eigenvalue weighted by Crippen LogP contribution is 2.07. The maximum atomic E-state index is 12.0. The second-order valence-corrected chi connectivity index (χ2v) is 4.71. The molecule has 0 atom stereocenters. The predicted molar refractivity (Wildman–Crippen MR) is 77.1 cm³/mol. The van der Waals surface area contributed by atoms with Gasteiger partial charge in [0, 0.05) is 18.2 Å². The number of nitrogens with zero attached hydrogens (tertiary/aromatic N) is 3. The summed E-state index contributed by atoms with van der Waals surface area (Å²) >= 11 is 0. The molecular weight excluding hydrogens is 256 g/mol. The van der Waals surface area contributed by atoms with Gasteiger partial charge in [0.25, 0.3) is 5.56 Å². The number of pyridine rings is 1. The Labute approximate surface area is 117 Å². The summed E-state index contributed by atoms with van der Waals surface area (Å²) in [6.45, 7) is 4.33. The van der Waals surface area contributed by atoms with E-state index >= 15 is 0 Å². The van der Waals surface area contributed by atoms with Crippen LogP contribution < -0.4 is 15.6 Å². The first-order valence-corrected chi connectivity index (χ1v) is 6.42. The second-order valence-electron chi connectivity index (χ2n) is 4.71. The van der Waals surface area contributed by atoms with Crippen LogP contribution in [0.4, 0.5) is 5.69 Å². The van der Waals surface area contributed by atoms with E-state index in [1.54, 1.807) is 19.4 Å². The molecule has 0 spiro atoms. The Hall–Kier alpha value is -2.37. The molecule has 0 aliphatic heterocycles. The van der Waals surface area contributed by atoms with Crippen molar-refractivity contribution in [2.24, 2.45) is 0 Å². The predicted octanol–water partition coefficient (Wildman–Crippen LogP) is 1.52. The molecule has 6 nitrogen and oxygen atoms in total. The fourth-order valence-corrected chi connectivity index (χ4v) is 1.78. The number of anilines is 1. The zero-order valence-electron chi connectivity index (χ0n) is 11.8. The van der Waals surface area contributed by atoms with Crippen molar-refractivity contribution in [2.45, 2.75) is 26.4 Å². The van der Waals surface area contributed by atoms with E-state index in [1.165, 1.54) is 10.7 Å². The fourth-order valence-electron chi connectivity index (χ4n) is 1.78. The minimum absolute atomic E-state index is 0.166. The van der Waals surface area contributed by atoms with E-state index in [1.807, 2.05) is 26.0 Å². The monoisotopic (exact) mass is 274 g/mol. The van der Waals surface area contributed by atoms with Gasteiger partial charge in [-0.3, -0.25) is 4.79 Å². The van der Waals surface area contributed by atoms with E-state index in [9.17, 15) is 4.79 Å². The molecule has 0 fully saturated rings. The standard InChI is InChI=1S/C14H18N4O2/c1-10(2)16-12-7-14(19)18(15-8-12)9-11-5-4-6-13(17-11)20-3/h4-8,10,16H,9H2,1-3H3. The zero-order chi connectivity index (χ0) is 14.5. The molecule has 106 valence electrons. The molecule has 2 aromatic heterocycles. The molecule has 0 saturated carbocycles. The molecule has 0 saturated heterocycles. The lowest BCUT2D eigenvalue weighted by Crippen LogP contribution is -2.24. The number of methoxy groups -OCH3 is 1. The lowest BCUT2D eigenvalue weighted by atomic mass is 10.3. The molecule has 0 aliphatic carbocycles. The molecule has 0 unspecified atom stereocenters. The largest absolute Gasteiger partial charge is 0.481 e. The highest BCUT2D eigenvalue weighted by atomic mass is 16.5. The van der Waals surface area contributed by atoms with Gasteiger partial charge in [0.15, 0.2) is 0 Å². The summed E-state index contributed by atoms with van der Waals surface area (Å²) in [4.78, 5) is 16.2. The molecule has 2 heterocycles. The lowest BCUT2D eigenvalue weighted by molar-refractivity contribution is 0.395. The number of nitrogens with one attached hydrogen (secondary N) is 1. The minimum atomic E-state index is -0.166. The molecule has 2 rings (SSSR count). The second kappa shape index (κ2) is 6.18. The Kier molecular flexibility index (Phi) is 4.34. The number of aromatic nitrogens is 3. The molecule has 6 heteroatoms. The van der Waals surface area contributed by atoms with Crippen molar-refractivity contribution in [3.63, 3.8) is 0 Å². The van der Waals surface area contributed by atoms with Crippen LogP contribution in [-0.4, -0.2) is 27.9 Å². The van der Waals surface area contributed by atoms with Crippen molar-refractivity contribution in [2.75, 3.05) is 12.4 Å². The van der Waals surface area contributed by atoms with Crippen LogP contribution in [0.25, 0.3) is 0 Å². The third-order valence-electron chi connectivity index (χ3n) is 2.63. The summed E-state index contributed by atoms with van der Waals surface area (Å²) in [6.07, 6.45) is 1.64. The number of ether oxygens (including phenoxy) is 1. The fraction of sp³-hybridized carbons (Fsp3) is 0.357. The average Bonchev–Trinajstić information content (AvgIpc) is 2.41. The van der Waals surface area contributed by atoms with E-state index in [2.05, 4.69) is 15.4 Å². The molecule has 1 N–H and O–H groups in total. The molecule has 0 amide bonds. The Morgan fingerprint density at radius 2 is 2.20 bits per heavy atom. The van der Waals surface area contributed by atoms with Gasteiger partial charge in [-0.15, -0.1) is 0 Å². The van der Waals surface area contributed by atoms with Crippen molar-refractivity contribution >= 4 is 5.69 Å². The Morgan fingerprint density at radius 3 is 2.85 bits per heavy atom. The molecule has 0 radical (unpaired) electrons. The summed E-state index contributed by atoms with van der Waals surface area (Å²) < 4.78 is 6.43. The first-order chi connectivity index (χ1) is 9.58. The third kappa shape index (κ3) is 3.57. The van der Waals surface area contributed by atoms with Crippen molar-refractivity contribution < 1.29 is 4.74 Å². The number of hydrogen-bond acceptors (Lipinski definition) is 5. The van der Waals surface area contributed by atoms with Crippen LogP contribution in [0.5, 0.6) is 5.88 Å². The van der Waals surface area contributed by atoms with Gasteiger partial charge in [0.2, 0.25) is 5.88 Å². The summed E-state index contributed by atoms with van der Waals surface area (Å²) in [5.74, 6) is 0.522. The van der Waals surface area contributed by atoms with Crippen molar-refractivity contribution in [3.05, 3.63) is 46.5 Å².